The predicted molar refractivity (Wildman–Crippen MR) is 90.8 cm³/mol. The van der Waals surface area contributed by atoms with Crippen LogP contribution in [0.15, 0.2) is 18.3 Å². The summed E-state index contributed by atoms with van der Waals surface area (Å²) in [7, 11) is 1.70. The lowest BCUT2D eigenvalue weighted by Gasteiger charge is -2.23. The van der Waals surface area contributed by atoms with Crippen molar-refractivity contribution in [2.75, 3.05) is 19.0 Å². The van der Waals surface area contributed by atoms with Crippen molar-refractivity contribution in [3.05, 3.63) is 23.9 Å². The lowest BCUT2D eigenvalue weighted by molar-refractivity contribution is -0.0366. The lowest BCUT2D eigenvalue weighted by Crippen LogP contribution is -2.24. The molecule has 8 heteroatoms. The normalized spacial score (nSPS) is 17.9. The topological polar surface area (TPSA) is 88.4 Å². The molecular formula is C15H18N4O3S. The van der Waals surface area contributed by atoms with Gasteiger partial charge in [-0.2, -0.15) is 5.10 Å². The van der Waals surface area contributed by atoms with Crippen molar-refractivity contribution < 1.29 is 14.6 Å². The van der Waals surface area contributed by atoms with E-state index in [9.17, 15) is 9.90 Å². The van der Waals surface area contributed by atoms with E-state index in [-0.39, 0.29) is 11.8 Å². The Bertz CT molecular complexity index is 753. The monoisotopic (exact) mass is 334 g/mol. The van der Waals surface area contributed by atoms with Gasteiger partial charge in [0.05, 0.1) is 23.0 Å². The highest BCUT2D eigenvalue weighted by Crippen LogP contribution is 2.30. The Kier molecular flexibility index (Phi) is 4.44. The molecule has 0 radical (unpaired) electrons. The Morgan fingerprint density at radius 2 is 2.30 bits per heavy atom. The number of hydrogen-bond donors (Lipinski definition) is 3. The molecule has 1 aromatic carbocycles. The molecule has 1 aliphatic heterocycles. The first-order valence-electron chi connectivity index (χ1n) is 7.45. The molecule has 0 amide bonds. The minimum absolute atomic E-state index is 0.158. The van der Waals surface area contributed by atoms with E-state index in [1.807, 2.05) is 0 Å². The summed E-state index contributed by atoms with van der Waals surface area (Å²) in [5.41, 5.74) is 1.51. The van der Waals surface area contributed by atoms with Gasteiger partial charge in [0, 0.05) is 19.0 Å². The average molecular weight is 334 g/mol. The van der Waals surface area contributed by atoms with Gasteiger partial charge >= 0.3 is 5.97 Å². The standard InChI is InChI=1S/C15H18N4O3S/c1-16-15(23)18-11-6-9(14(20)21)7-12-10(11)8-17-19(12)13-4-2-3-5-22-13/h6-8,13H,2-5H2,1H3,(H,20,21)(H2,16,18,23). The molecule has 7 nitrogen and oxygen atoms in total. The third kappa shape index (κ3) is 3.13. The molecule has 0 saturated carbocycles. The molecule has 3 rings (SSSR count). The van der Waals surface area contributed by atoms with Gasteiger partial charge in [-0.3, -0.25) is 0 Å². The molecule has 1 aliphatic rings. The van der Waals surface area contributed by atoms with Crippen molar-refractivity contribution in [3.8, 4) is 0 Å². The zero-order valence-electron chi connectivity index (χ0n) is 12.7. The number of anilines is 1. The molecule has 3 N–H and O–H groups in total. The van der Waals surface area contributed by atoms with Crippen molar-refractivity contribution in [1.82, 2.24) is 15.1 Å². The van der Waals surface area contributed by atoms with Crippen LogP contribution in [0.1, 0.15) is 35.8 Å². The number of nitrogens with zero attached hydrogens (tertiary/aromatic N) is 2. The van der Waals surface area contributed by atoms with Crippen LogP contribution in [0.3, 0.4) is 0 Å². The SMILES string of the molecule is CNC(=S)Nc1cc(C(=O)O)cc2c1cnn2C1CCCCO1. The second kappa shape index (κ2) is 6.51. The van der Waals surface area contributed by atoms with Gasteiger partial charge in [0.2, 0.25) is 0 Å². The second-order valence-electron chi connectivity index (χ2n) is 5.38. The number of aromatic carboxylic acids is 1. The number of fused-ring (bicyclic) bond motifs is 1. The third-order valence-corrected chi connectivity index (χ3v) is 4.17. The number of carboxylic acids is 1. The summed E-state index contributed by atoms with van der Waals surface area (Å²) >= 11 is 5.12. The molecule has 0 spiro atoms. The summed E-state index contributed by atoms with van der Waals surface area (Å²) in [6, 6.07) is 3.18. The van der Waals surface area contributed by atoms with E-state index in [0.717, 1.165) is 30.2 Å². The van der Waals surface area contributed by atoms with Gasteiger partial charge in [0.15, 0.2) is 11.3 Å². The van der Waals surface area contributed by atoms with Gasteiger partial charge in [-0.1, -0.05) is 0 Å². The van der Waals surface area contributed by atoms with Gasteiger partial charge in [-0.05, 0) is 43.6 Å². The van der Waals surface area contributed by atoms with Crippen LogP contribution < -0.4 is 10.6 Å². The largest absolute Gasteiger partial charge is 0.478 e. The number of carboxylic acid groups (broad SMARTS) is 1. The number of nitrogens with one attached hydrogen (secondary N) is 2. The van der Waals surface area contributed by atoms with E-state index >= 15 is 0 Å². The number of ether oxygens (including phenoxy) is 1. The number of aromatic nitrogens is 2. The highest BCUT2D eigenvalue weighted by Gasteiger charge is 2.21. The van der Waals surface area contributed by atoms with Crippen molar-refractivity contribution in [1.29, 1.82) is 0 Å². The minimum atomic E-state index is -0.998. The molecule has 23 heavy (non-hydrogen) atoms. The highest BCUT2D eigenvalue weighted by molar-refractivity contribution is 7.80. The van der Waals surface area contributed by atoms with Crippen LogP contribution in [-0.2, 0) is 4.74 Å². The summed E-state index contributed by atoms with van der Waals surface area (Å²) < 4.78 is 7.53. The number of benzene rings is 1. The van der Waals surface area contributed by atoms with Crippen LogP contribution in [0, 0.1) is 0 Å². The van der Waals surface area contributed by atoms with Crippen molar-refractivity contribution in [2.45, 2.75) is 25.5 Å². The van der Waals surface area contributed by atoms with Gasteiger partial charge < -0.3 is 20.5 Å². The molecule has 0 aliphatic carbocycles. The maximum atomic E-state index is 11.4. The molecule has 122 valence electrons. The fourth-order valence-electron chi connectivity index (χ4n) is 2.70. The second-order valence-corrected chi connectivity index (χ2v) is 5.78. The van der Waals surface area contributed by atoms with Crippen molar-refractivity contribution >= 4 is 39.9 Å². The van der Waals surface area contributed by atoms with Crippen molar-refractivity contribution in [3.63, 3.8) is 0 Å². The Morgan fingerprint density at radius 1 is 1.48 bits per heavy atom. The minimum Gasteiger partial charge on any atom is -0.478 e. The van der Waals surface area contributed by atoms with E-state index in [1.54, 1.807) is 30.1 Å². The third-order valence-electron chi connectivity index (χ3n) is 3.87. The van der Waals surface area contributed by atoms with E-state index in [1.165, 1.54) is 0 Å². The van der Waals surface area contributed by atoms with Crippen LogP contribution >= 0.6 is 12.2 Å². The Morgan fingerprint density at radius 3 is 2.96 bits per heavy atom. The zero-order valence-corrected chi connectivity index (χ0v) is 13.5. The molecule has 0 bridgehead atoms. The summed E-state index contributed by atoms with van der Waals surface area (Å²) in [5.74, 6) is -0.998. The fraction of sp³-hybridized carbons (Fsp3) is 0.400. The molecule has 1 aromatic heterocycles. The van der Waals surface area contributed by atoms with Crippen LogP contribution in [-0.4, -0.2) is 39.6 Å². The molecule has 1 unspecified atom stereocenters. The van der Waals surface area contributed by atoms with E-state index in [4.69, 9.17) is 17.0 Å². The van der Waals surface area contributed by atoms with Crippen LogP contribution in [0.4, 0.5) is 5.69 Å². The Labute approximate surface area is 138 Å². The zero-order chi connectivity index (χ0) is 16.4. The van der Waals surface area contributed by atoms with Gasteiger partial charge in [0.25, 0.3) is 0 Å². The average Bonchev–Trinajstić information content (AvgIpc) is 2.99. The van der Waals surface area contributed by atoms with Gasteiger partial charge in [-0.15, -0.1) is 0 Å². The maximum Gasteiger partial charge on any atom is 0.335 e. The molecule has 1 saturated heterocycles. The number of rotatable bonds is 3. The molecule has 2 aromatic rings. The summed E-state index contributed by atoms with van der Waals surface area (Å²) in [6.07, 6.45) is 4.53. The highest BCUT2D eigenvalue weighted by atomic mass is 32.1. The molecule has 1 fully saturated rings. The van der Waals surface area contributed by atoms with Crippen LogP contribution in [0.25, 0.3) is 10.9 Å². The van der Waals surface area contributed by atoms with Crippen LogP contribution in [0.2, 0.25) is 0 Å². The molecule has 2 heterocycles. The molecular weight excluding hydrogens is 316 g/mol. The van der Waals surface area contributed by atoms with Gasteiger partial charge in [-0.25, -0.2) is 9.48 Å². The Hall–Kier alpha value is -2.19. The fourth-order valence-corrected chi connectivity index (χ4v) is 2.81. The maximum absolute atomic E-state index is 11.4. The Balaban J connectivity index is 2.10. The lowest BCUT2D eigenvalue weighted by atomic mass is 10.1. The van der Waals surface area contributed by atoms with Gasteiger partial charge in [0.1, 0.15) is 0 Å². The smallest absolute Gasteiger partial charge is 0.335 e. The molecule has 1 atom stereocenters. The van der Waals surface area contributed by atoms with E-state index < -0.39 is 5.97 Å². The first-order chi connectivity index (χ1) is 11.1. The van der Waals surface area contributed by atoms with Crippen molar-refractivity contribution in [2.24, 2.45) is 0 Å². The summed E-state index contributed by atoms with van der Waals surface area (Å²) in [5, 5.41) is 20.8. The summed E-state index contributed by atoms with van der Waals surface area (Å²) in [4.78, 5) is 11.4. The first-order valence-corrected chi connectivity index (χ1v) is 7.86. The predicted octanol–water partition coefficient (Wildman–Crippen LogP) is 2.35. The number of hydrogen-bond acceptors (Lipinski definition) is 4. The number of carbonyl (C=O) groups is 1. The van der Waals surface area contributed by atoms with E-state index in [2.05, 4.69) is 15.7 Å². The first kappa shape index (κ1) is 15.7. The van der Waals surface area contributed by atoms with Crippen LogP contribution in [0.5, 0.6) is 0 Å². The summed E-state index contributed by atoms with van der Waals surface area (Å²) in [6.45, 7) is 0.694. The number of thiocarbonyl (C=S) groups is 1. The quantitative estimate of drug-likeness (QED) is 0.743. The van der Waals surface area contributed by atoms with E-state index in [0.29, 0.717) is 17.4 Å².